The molecule has 1 saturated heterocycles. The topological polar surface area (TPSA) is 31.4 Å². The Kier molecular flexibility index (Phi) is 5.31. The number of hydrogen-bond acceptors (Lipinski definition) is 4. The molecule has 2 rings (SSSR count). The standard InChI is InChI=1S/C15H26N4/c1-13-7-9-18(3)12-15(10-16-2)19(13)11-14-6-4-5-8-17-14/h4-6,8,13,15-16H,7,9-12H2,1-3H3. The summed E-state index contributed by atoms with van der Waals surface area (Å²) in [6.45, 7) is 6.62. The van der Waals surface area contributed by atoms with Gasteiger partial charge < -0.3 is 10.2 Å². The monoisotopic (exact) mass is 262 g/mol. The molecule has 0 aromatic carbocycles. The normalized spacial score (nSPS) is 26.3. The molecule has 106 valence electrons. The van der Waals surface area contributed by atoms with Gasteiger partial charge in [0.25, 0.3) is 0 Å². The zero-order valence-electron chi connectivity index (χ0n) is 12.3. The second-order valence-corrected chi connectivity index (χ2v) is 5.60. The summed E-state index contributed by atoms with van der Waals surface area (Å²) in [4.78, 5) is 9.52. The highest BCUT2D eigenvalue weighted by Crippen LogP contribution is 2.17. The summed E-state index contributed by atoms with van der Waals surface area (Å²) >= 11 is 0. The summed E-state index contributed by atoms with van der Waals surface area (Å²) in [7, 11) is 4.26. The fourth-order valence-corrected chi connectivity index (χ4v) is 2.87. The van der Waals surface area contributed by atoms with E-state index in [2.05, 4.69) is 46.2 Å². The fraction of sp³-hybridized carbons (Fsp3) is 0.667. The third-order valence-corrected chi connectivity index (χ3v) is 4.00. The Morgan fingerprint density at radius 1 is 1.42 bits per heavy atom. The summed E-state index contributed by atoms with van der Waals surface area (Å²) < 4.78 is 0. The van der Waals surface area contributed by atoms with Crippen LogP contribution in [-0.4, -0.2) is 60.6 Å². The Morgan fingerprint density at radius 3 is 2.95 bits per heavy atom. The molecule has 1 aliphatic rings. The minimum atomic E-state index is 0.550. The van der Waals surface area contributed by atoms with E-state index in [1.54, 1.807) is 0 Å². The first-order valence-electron chi connectivity index (χ1n) is 7.19. The molecule has 1 aliphatic heterocycles. The van der Waals surface area contributed by atoms with E-state index in [0.29, 0.717) is 12.1 Å². The largest absolute Gasteiger partial charge is 0.318 e. The minimum absolute atomic E-state index is 0.550. The van der Waals surface area contributed by atoms with E-state index in [4.69, 9.17) is 0 Å². The van der Waals surface area contributed by atoms with Crippen LogP contribution in [0, 0.1) is 0 Å². The van der Waals surface area contributed by atoms with Crippen LogP contribution in [0.4, 0.5) is 0 Å². The van der Waals surface area contributed by atoms with Gasteiger partial charge in [-0.1, -0.05) is 6.07 Å². The molecule has 0 radical (unpaired) electrons. The van der Waals surface area contributed by atoms with Crippen molar-refractivity contribution in [3.63, 3.8) is 0 Å². The molecule has 2 heterocycles. The van der Waals surface area contributed by atoms with E-state index < -0.39 is 0 Å². The van der Waals surface area contributed by atoms with Crippen molar-refractivity contribution in [2.24, 2.45) is 0 Å². The van der Waals surface area contributed by atoms with Gasteiger partial charge in [0.1, 0.15) is 0 Å². The predicted molar refractivity (Wildman–Crippen MR) is 79.1 cm³/mol. The van der Waals surface area contributed by atoms with Gasteiger partial charge in [-0.25, -0.2) is 0 Å². The number of rotatable bonds is 4. The molecule has 1 fully saturated rings. The quantitative estimate of drug-likeness (QED) is 0.883. The van der Waals surface area contributed by atoms with Gasteiger partial charge in [-0.15, -0.1) is 0 Å². The van der Waals surface area contributed by atoms with Crippen LogP contribution in [0.1, 0.15) is 19.0 Å². The molecule has 2 atom stereocenters. The molecule has 1 N–H and O–H groups in total. The Morgan fingerprint density at radius 2 is 2.26 bits per heavy atom. The molecule has 19 heavy (non-hydrogen) atoms. The third-order valence-electron chi connectivity index (χ3n) is 4.00. The number of hydrogen-bond donors (Lipinski definition) is 1. The Hall–Kier alpha value is -0.970. The van der Waals surface area contributed by atoms with Crippen molar-refractivity contribution in [2.75, 3.05) is 33.7 Å². The summed E-state index contributed by atoms with van der Waals surface area (Å²) in [5, 5.41) is 3.33. The minimum Gasteiger partial charge on any atom is -0.318 e. The maximum atomic E-state index is 4.48. The van der Waals surface area contributed by atoms with Crippen molar-refractivity contribution >= 4 is 0 Å². The second kappa shape index (κ2) is 6.98. The molecule has 0 amide bonds. The molecular formula is C15H26N4. The van der Waals surface area contributed by atoms with E-state index in [1.807, 2.05) is 19.3 Å². The van der Waals surface area contributed by atoms with Crippen LogP contribution in [0.5, 0.6) is 0 Å². The average Bonchev–Trinajstić information content (AvgIpc) is 2.54. The Bertz CT molecular complexity index is 368. The average molecular weight is 262 g/mol. The summed E-state index contributed by atoms with van der Waals surface area (Å²) in [6, 6.07) is 7.33. The van der Waals surface area contributed by atoms with Crippen molar-refractivity contribution in [3.05, 3.63) is 30.1 Å². The second-order valence-electron chi connectivity index (χ2n) is 5.60. The van der Waals surface area contributed by atoms with Crippen LogP contribution in [0.3, 0.4) is 0 Å². The zero-order chi connectivity index (χ0) is 13.7. The molecular weight excluding hydrogens is 236 g/mol. The summed E-state index contributed by atoms with van der Waals surface area (Å²) in [5.41, 5.74) is 1.17. The highest BCUT2D eigenvalue weighted by atomic mass is 15.3. The van der Waals surface area contributed by atoms with E-state index >= 15 is 0 Å². The zero-order valence-corrected chi connectivity index (χ0v) is 12.3. The Balaban J connectivity index is 2.11. The molecule has 4 heteroatoms. The predicted octanol–water partition coefficient (Wildman–Crippen LogP) is 1.20. The van der Waals surface area contributed by atoms with Gasteiger partial charge >= 0.3 is 0 Å². The number of aromatic nitrogens is 1. The van der Waals surface area contributed by atoms with E-state index in [1.165, 1.54) is 18.7 Å². The number of nitrogens with zero attached hydrogens (tertiary/aromatic N) is 3. The van der Waals surface area contributed by atoms with E-state index in [-0.39, 0.29) is 0 Å². The van der Waals surface area contributed by atoms with E-state index in [0.717, 1.165) is 19.6 Å². The van der Waals surface area contributed by atoms with Gasteiger partial charge in [-0.05, 0) is 46.1 Å². The van der Waals surface area contributed by atoms with Crippen LogP contribution >= 0.6 is 0 Å². The molecule has 0 aliphatic carbocycles. The number of nitrogens with one attached hydrogen (secondary N) is 1. The molecule has 1 aromatic rings. The SMILES string of the molecule is CNCC1CN(C)CCC(C)N1Cc1ccccn1. The first kappa shape index (κ1) is 14.4. The van der Waals surface area contributed by atoms with Crippen LogP contribution in [0.25, 0.3) is 0 Å². The van der Waals surface area contributed by atoms with Gasteiger partial charge in [0.15, 0.2) is 0 Å². The Labute approximate surface area is 116 Å². The maximum absolute atomic E-state index is 4.48. The molecule has 0 spiro atoms. The molecule has 0 saturated carbocycles. The van der Waals surface area contributed by atoms with Gasteiger partial charge in [0.2, 0.25) is 0 Å². The lowest BCUT2D eigenvalue weighted by Crippen LogP contribution is -2.48. The maximum Gasteiger partial charge on any atom is 0.0544 e. The van der Waals surface area contributed by atoms with Gasteiger partial charge in [-0.3, -0.25) is 9.88 Å². The van der Waals surface area contributed by atoms with Crippen LogP contribution < -0.4 is 5.32 Å². The number of pyridine rings is 1. The van der Waals surface area contributed by atoms with E-state index in [9.17, 15) is 0 Å². The van der Waals surface area contributed by atoms with Crippen molar-refractivity contribution in [1.29, 1.82) is 0 Å². The van der Waals surface area contributed by atoms with Crippen molar-refractivity contribution < 1.29 is 0 Å². The fourth-order valence-electron chi connectivity index (χ4n) is 2.87. The van der Waals surface area contributed by atoms with Crippen molar-refractivity contribution in [3.8, 4) is 0 Å². The first-order chi connectivity index (χ1) is 9.20. The van der Waals surface area contributed by atoms with Gasteiger partial charge in [-0.2, -0.15) is 0 Å². The van der Waals surface area contributed by atoms with Gasteiger partial charge in [0.05, 0.1) is 5.69 Å². The lowest BCUT2D eigenvalue weighted by atomic mass is 10.1. The molecule has 1 aromatic heterocycles. The van der Waals surface area contributed by atoms with Crippen LogP contribution in [0.15, 0.2) is 24.4 Å². The first-order valence-corrected chi connectivity index (χ1v) is 7.19. The molecule has 0 bridgehead atoms. The van der Waals surface area contributed by atoms with Crippen LogP contribution in [0.2, 0.25) is 0 Å². The summed E-state index contributed by atoms with van der Waals surface area (Å²) in [6.07, 6.45) is 3.11. The van der Waals surface area contributed by atoms with Gasteiger partial charge in [0, 0.05) is 37.9 Å². The lowest BCUT2D eigenvalue weighted by Gasteiger charge is -2.34. The molecule has 2 unspecified atom stereocenters. The summed E-state index contributed by atoms with van der Waals surface area (Å²) in [5.74, 6) is 0. The number of likely N-dealkylation sites (N-methyl/N-ethyl adjacent to an activating group) is 2. The third kappa shape index (κ3) is 4.00. The highest BCUT2D eigenvalue weighted by Gasteiger charge is 2.27. The molecule has 4 nitrogen and oxygen atoms in total. The highest BCUT2D eigenvalue weighted by molar-refractivity contribution is 5.04. The van der Waals surface area contributed by atoms with Crippen LogP contribution in [-0.2, 0) is 6.54 Å². The van der Waals surface area contributed by atoms with Crippen molar-refractivity contribution in [1.82, 2.24) is 20.1 Å². The lowest BCUT2D eigenvalue weighted by molar-refractivity contribution is 0.133. The van der Waals surface area contributed by atoms with Crippen molar-refractivity contribution in [2.45, 2.75) is 32.0 Å². The smallest absolute Gasteiger partial charge is 0.0544 e.